The molecule has 1 atom stereocenters. The molecule has 0 amide bonds. The van der Waals surface area contributed by atoms with Crippen LogP contribution >= 0.6 is 0 Å². The van der Waals surface area contributed by atoms with Crippen LogP contribution < -0.4 is 0 Å². The Bertz CT molecular complexity index is 538. The number of aryl methyl sites for hydroxylation is 1. The molecule has 0 radical (unpaired) electrons. The maximum Gasteiger partial charge on any atom is 0.141 e. The molecular weight excluding hydrogens is 235 g/mol. The van der Waals surface area contributed by atoms with Gasteiger partial charge in [-0.2, -0.15) is 5.10 Å². The van der Waals surface area contributed by atoms with Crippen molar-refractivity contribution in [1.82, 2.24) is 19.7 Å². The van der Waals surface area contributed by atoms with Crippen LogP contribution in [0.5, 0.6) is 0 Å². The highest BCUT2D eigenvalue weighted by Crippen LogP contribution is 2.24. The van der Waals surface area contributed by atoms with Crippen LogP contribution in [0.1, 0.15) is 25.2 Å². The normalized spacial score (nSPS) is 14.4. The van der Waals surface area contributed by atoms with Crippen molar-refractivity contribution >= 4 is 0 Å². The summed E-state index contributed by atoms with van der Waals surface area (Å²) in [5, 5.41) is 14.4. The molecule has 96 valence electrons. The highest BCUT2D eigenvalue weighted by molar-refractivity contribution is 5.19. The molecule has 2 heterocycles. The molecule has 6 heteroatoms. The summed E-state index contributed by atoms with van der Waals surface area (Å²) < 4.78 is 14.8. The van der Waals surface area contributed by atoms with Gasteiger partial charge in [0.05, 0.1) is 11.8 Å². The lowest BCUT2D eigenvalue weighted by Crippen LogP contribution is -2.26. The second-order valence-electron chi connectivity index (χ2n) is 4.33. The van der Waals surface area contributed by atoms with E-state index in [0.717, 1.165) is 6.20 Å². The van der Waals surface area contributed by atoms with Gasteiger partial charge in [0, 0.05) is 24.7 Å². The monoisotopic (exact) mass is 250 g/mol. The zero-order valence-corrected chi connectivity index (χ0v) is 10.3. The standard InChI is InChI=1S/C12H15FN4O/c1-3-17-11(15-8-16-17)5-12(2,18)9-4-10(13)7-14-6-9/h4,6-8,18H,3,5H2,1-2H3. The maximum absolute atomic E-state index is 13.1. The lowest BCUT2D eigenvalue weighted by Gasteiger charge is -2.23. The Balaban J connectivity index is 2.26. The van der Waals surface area contributed by atoms with Gasteiger partial charge in [-0.1, -0.05) is 0 Å². The van der Waals surface area contributed by atoms with Gasteiger partial charge < -0.3 is 5.11 Å². The van der Waals surface area contributed by atoms with Crippen LogP contribution in [0.4, 0.5) is 4.39 Å². The third-order valence-electron chi connectivity index (χ3n) is 2.82. The van der Waals surface area contributed by atoms with E-state index in [9.17, 15) is 9.50 Å². The number of nitrogens with zero attached hydrogens (tertiary/aromatic N) is 4. The summed E-state index contributed by atoms with van der Waals surface area (Å²) in [6.45, 7) is 4.22. The Morgan fingerprint density at radius 1 is 1.44 bits per heavy atom. The molecule has 0 bridgehead atoms. The van der Waals surface area contributed by atoms with Crippen LogP contribution in [0.25, 0.3) is 0 Å². The SMILES string of the molecule is CCn1ncnc1CC(C)(O)c1cncc(F)c1. The Morgan fingerprint density at radius 2 is 2.22 bits per heavy atom. The molecule has 0 aromatic carbocycles. The van der Waals surface area contributed by atoms with Crippen LogP contribution in [0.2, 0.25) is 0 Å². The third kappa shape index (κ3) is 2.53. The summed E-state index contributed by atoms with van der Waals surface area (Å²) >= 11 is 0. The minimum absolute atomic E-state index is 0.256. The van der Waals surface area contributed by atoms with E-state index in [1.165, 1.54) is 18.6 Å². The molecule has 0 saturated carbocycles. The molecule has 0 fully saturated rings. The summed E-state index contributed by atoms with van der Waals surface area (Å²) in [4.78, 5) is 7.84. The minimum Gasteiger partial charge on any atom is -0.385 e. The molecule has 1 unspecified atom stereocenters. The molecule has 0 spiro atoms. The summed E-state index contributed by atoms with van der Waals surface area (Å²) in [7, 11) is 0. The molecule has 2 aromatic heterocycles. The number of hydrogen-bond donors (Lipinski definition) is 1. The number of aliphatic hydroxyl groups is 1. The van der Waals surface area contributed by atoms with Gasteiger partial charge in [0.15, 0.2) is 0 Å². The van der Waals surface area contributed by atoms with E-state index in [2.05, 4.69) is 15.1 Å². The van der Waals surface area contributed by atoms with E-state index in [1.54, 1.807) is 11.6 Å². The van der Waals surface area contributed by atoms with Gasteiger partial charge in [0.1, 0.15) is 18.0 Å². The van der Waals surface area contributed by atoms with Crippen molar-refractivity contribution in [3.8, 4) is 0 Å². The summed E-state index contributed by atoms with van der Waals surface area (Å²) in [6.07, 6.45) is 4.26. The summed E-state index contributed by atoms with van der Waals surface area (Å²) in [6, 6.07) is 1.28. The highest BCUT2D eigenvalue weighted by atomic mass is 19.1. The van der Waals surface area contributed by atoms with Crippen molar-refractivity contribution in [2.24, 2.45) is 0 Å². The second kappa shape index (κ2) is 4.81. The van der Waals surface area contributed by atoms with Crippen molar-refractivity contribution < 1.29 is 9.50 Å². The fourth-order valence-electron chi connectivity index (χ4n) is 1.81. The molecule has 2 aromatic rings. The van der Waals surface area contributed by atoms with Crippen LogP contribution in [0.3, 0.4) is 0 Å². The van der Waals surface area contributed by atoms with E-state index in [0.29, 0.717) is 17.9 Å². The molecule has 0 saturated heterocycles. The van der Waals surface area contributed by atoms with Gasteiger partial charge in [-0.3, -0.25) is 9.67 Å². The van der Waals surface area contributed by atoms with Gasteiger partial charge >= 0.3 is 0 Å². The molecule has 2 rings (SSSR count). The number of hydrogen-bond acceptors (Lipinski definition) is 4. The first kappa shape index (κ1) is 12.6. The van der Waals surface area contributed by atoms with Gasteiger partial charge in [-0.25, -0.2) is 9.37 Å². The number of aromatic nitrogens is 4. The molecule has 18 heavy (non-hydrogen) atoms. The first-order valence-corrected chi connectivity index (χ1v) is 5.73. The van der Waals surface area contributed by atoms with Gasteiger partial charge in [-0.15, -0.1) is 0 Å². The van der Waals surface area contributed by atoms with E-state index < -0.39 is 11.4 Å². The molecule has 0 aliphatic heterocycles. The van der Waals surface area contributed by atoms with Crippen molar-refractivity contribution in [3.63, 3.8) is 0 Å². The van der Waals surface area contributed by atoms with E-state index >= 15 is 0 Å². The Kier molecular flexibility index (Phi) is 3.38. The largest absolute Gasteiger partial charge is 0.385 e. The van der Waals surface area contributed by atoms with E-state index in [4.69, 9.17) is 0 Å². The lowest BCUT2D eigenvalue weighted by atomic mass is 9.93. The van der Waals surface area contributed by atoms with Crippen molar-refractivity contribution in [2.45, 2.75) is 32.4 Å². The predicted molar refractivity (Wildman–Crippen MR) is 63.2 cm³/mol. The van der Waals surface area contributed by atoms with E-state index in [-0.39, 0.29) is 6.42 Å². The zero-order valence-electron chi connectivity index (χ0n) is 10.3. The van der Waals surface area contributed by atoms with Gasteiger partial charge in [0.25, 0.3) is 0 Å². The average Bonchev–Trinajstić information content (AvgIpc) is 2.75. The van der Waals surface area contributed by atoms with Crippen LogP contribution in [-0.2, 0) is 18.6 Å². The van der Waals surface area contributed by atoms with Crippen LogP contribution in [-0.4, -0.2) is 24.9 Å². The lowest BCUT2D eigenvalue weighted by molar-refractivity contribution is 0.0536. The third-order valence-corrected chi connectivity index (χ3v) is 2.82. The van der Waals surface area contributed by atoms with Gasteiger partial charge in [0.2, 0.25) is 0 Å². The number of pyridine rings is 1. The Morgan fingerprint density at radius 3 is 2.89 bits per heavy atom. The van der Waals surface area contributed by atoms with E-state index in [1.807, 2.05) is 6.92 Å². The first-order chi connectivity index (χ1) is 8.53. The van der Waals surface area contributed by atoms with Crippen LogP contribution in [0.15, 0.2) is 24.8 Å². The Labute approximate surface area is 104 Å². The summed E-state index contributed by atoms with van der Waals surface area (Å²) in [5.41, 5.74) is -0.803. The highest BCUT2D eigenvalue weighted by Gasteiger charge is 2.26. The minimum atomic E-state index is -1.23. The molecule has 0 aliphatic carbocycles. The fourth-order valence-corrected chi connectivity index (χ4v) is 1.81. The zero-order chi connectivity index (χ0) is 13.2. The second-order valence-corrected chi connectivity index (χ2v) is 4.33. The maximum atomic E-state index is 13.1. The quantitative estimate of drug-likeness (QED) is 0.888. The summed E-state index contributed by atoms with van der Waals surface area (Å²) in [5.74, 6) is 0.191. The first-order valence-electron chi connectivity index (χ1n) is 5.73. The van der Waals surface area contributed by atoms with Gasteiger partial charge in [-0.05, 0) is 19.9 Å². The molecular formula is C12H15FN4O. The number of halogens is 1. The molecule has 1 N–H and O–H groups in total. The Hall–Kier alpha value is -1.82. The van der Waals surface area contributed by atoms with Crippen molar-refractivity contribution in [3.05, 3.63) is 42.0 Å². The topological polar surface area (TPSA) is 63.8 Å². The van der Waals surface area contributed by atoms with Crippen molar-refractivity contribution in [2.75, 3.05) is 0 Å². The smallest absolute Gasteiger partial charge is 0.141 e. The molecule has 0 aliphatic rings. The molecule has 5 nitrogen and oxygen atoms in total. The van der Waals surface area contributed by atoms with Crippen LogP contribution in [0, 0.1) is 5.82 Å². The fraction of sp³-hybridized carbons (Fsp3) is 0.417. The van der Waals surface area contributed by atoms with Crippen molar-refractivity contribution in [1.29, 1.82) is 0 Å². The predicted octanol–water partition coefficient (Wildman–Crippen LogP) is 1.28. The average molecular weight is 250 g/mol. The number of rotatable bonds is 4.